The molecule has 6 heteroatoms. The molecule has 160 valence electrons. The number of esters is 2. The van der Waals surface area contributed by atoms with E-state index in [0.717, 1.165) is 33.9 Å². The standard InChI is InChI=1S/C25H26N2O4/c1-6-31-25(29)19-7-10-22(11-8-19)26-15-21-14-17(3)27(18(21)4)23-12-9-20(13-16(23)2)24(28)30-5/h7-15H,6H2,1-5H3. The minimum absolute atomic E-state index is 0.338. The zero-order valence-corrected chi connectivity index (χ0v) is 18.4. The second-order valence-electron chi connectivity index (χ2n) is 7.18. The predicted molar refractivity (Wildman–Crippen MR) is 121 cm³/mol. The topological polar surface area (TPSA) is 69.9 Å². The van der Waals surface area contributed by atoms with E-state index in [1.54, 1.807) is 37.3 Å². The lowest BCUT2D eigenvalue weighted by atomic mass is 10.1. The number of aryl methyl sites for hydroxylation is 2. The Morgan fingerprint density at radius 3 is 2.26 bits per heavy atom. The van der Waals surface area contributed by atoms with Crippen LogP contribution < -0.4 is 0 Å². The molecule has 0 aliphatic rings. The molecule has 2 aromatic carbocycles. The van der Waals surface area contributed by atoms with E-state index in [-0.39, 0.29) is 11.9 Å². The number of nitrogens with zero attached hydrogens (tertiary/aromatic N) is 2. The minimum Gasteiger partial charge on any atom is -0.465 e. The second kappa shape index (κ2) is 9.43. The van der Waals surface area contributed by atoms with Gasteiger partial charge in [0.1, 0.15) is 0 Å². The third-order valence-corrected chi connectivity index (χ3v) is 5.06. The Morgan fingerprint density at radius 2 is 1.65 bits per heavy atom. The van der Waals surface area contributed by atoms with Crippen LogP contribution in [0.5, 0.6) is 0 Å². The highest BCUT2D eigenvalue weighted by atomic mass is 16.5. The smallest absolute Gasteiger partial charge is 0.338 e. The van der Waals surface area contributed by atoms with Crippen molar-refractivity contribution >= 4 is 23.8 Å². The number of carbonyl (C=O) groups is 2. The van der Waals surface area contributed by atoms with Gasteiger partial charge >= 0.3 is 11.9 Å². The SMILES string of the molecule is CCOC(=O)c1ccc(N=Cc2cc(C)n(-c3ccc(C(=O)OC)cc3C)c2C)cc1. The molecule has 3 aromatic rings. The molecule has 0 aliphatic carbocycles. The van der Waals surface area contributed by atoms with E-state index in [4.69, 9.17) is 9.47 Å². The van der Waals surface area contributed by atoms with E-state index in [9.17, 15) is 9.59 Å². The maximum atomic E-state index is 11.8. The fraction of sp³-hybridized carbons (Fsp3) is 0.240. The fourth-order valence-corrected chi connectivity index (χ4v) is 3.48. The van der Waals surface area contributed by atoms with Crippen molar-refractivity contribution in [2.75, 3.05) is 13.7 Å². The van der Waals surface area contributed by atoms with E-state index in [1.807, 2.05) is 39.1 Å². The number of aromatic nitrogens is 1. The first kappa shape index (κ1) is 22.0. The summed E-state index contributed by atoms with van der Waals surface area (Å²) >= 11 is 0. The maximum absolute atomic E-state index is 11.8. The van der Waals surface area contributed by atoms with Crippen LogP contribution in [0.2, 0.25) is 0 Å². The summed E-state index contributed by atoms with van der Waals surface area (Å²) in [6.07, 6.45) is 1.82. The molecule has 0 fully saturated rings. The molecule has 1 aromatic heterocycles. The minimum atomic E-state index is -0.350. The molecule has 0 bridgehead atoms. The van der Waals surface area contributed by atoms with E-state index < -0.39 is 0 Å². The van der Waals surface area contributed by atoms with Gasteiger partial charge in [0.05, 0.1) is 30.5 Å². The van der Waals surface area contributed by atoms with E-state index in [0.29, 0.717) is 17.7 Å². The van der Waals surface area contributed by atoms with Crippen LogP contribution in [0.25, 0.3) is 5.69 Å². The normalized spacial score (nSPS) is 11.0. The zero-order chi connectivity index (χ0) is 22.5. The zero-order valence-electron chi connectivity index (χ0n) is 18.4. The van der Waals surface area contributed by atoms with Gasteiger partial charge in [0.15, 0.2) is 0 Å². The van der Waals surface area contributed by atoms with Gasteiger partial charge in [-0.3, -0.25) is 4.99 Å². The summed E-state index contributed by atoms with van der Waals surface area (Å²) in [5, 5.41) is 0. The molecule has 3 rings (SSSR count). The molecule has 0 saturated heterocycles. The average Bonchev–Trinajstić information content (AvgIpc) is 3.05. The summed E-state index contributed by atoms with van der Waals surface area (Å²) in [5.74, 6) is -0.687. The lowest BCUT2D eigenvalue weighted by Gasteiger charge is -2.13. The number of methoxy groups -OCH3 is 1. The molecule has 0 atom stereocenters. The molecular weight excluding hydrogens is 392 g/mol. The van der Waals surface area contributed by atoms with Crippen LogP contribution in [-0.4, -0.2) is 36.4 Å². The quantitative estimate of drug-likeness (QED) is 0.412. The molecule has 0 saturated carbocycles. The Bertz CT molecular complexity index is 1140. The number of carbonyl (C=O) groups excluding carboxylic acids is 2. The summed E-state index contributed by atoms with van der Waals surface area (Å²) in [4.78, 5) is 28.1. The second-order valence-corrected chi connectivity index (χ2v) is 7.18. The third-order valence-electron chi connectivity index (χ3n) is 5.06. The van der Waals surface area contributed by atoms with Gasteiger partial charge in [-0.2, -0.15) is 0 Å². The van der Waals surface area contributed by atoms with Crippen molar-refractivity contribution in [1.29, 1.82) is 0 Å². The van der Waals surface area contributed by atoms with Gasteiger partial charge in [0.2, 0.25) is 0 Å². The van der Waals surface area contributed by atoms with Crippen LogP contribution >= 0.6 is 0 Å². The van der Waals surface area contributed by atoms with Crippen LogP contribution in [0.3, 0.4) is 0 Å². The Labute approximate surface area is 182 Å². The molecule has 31 heavy (non-hydrogen) atoms. The highest BCUT2D eigenvalue weighted by Crippen LogP contribution is 2.24. The Kier molecular flexibility index (Phi) is 6.70. The van der Waals surface area contributed by atoms with Crippen molar-refractivity contribution in [3.63, 3.8) is 0 Å². The van der Waals surface area contributed by atoms with Crippen molar-refractivity contribution in [2.24, 2.45) is 4.99 Å². The summed E-state index contributed by atoms with van der Waals surface area (Å²) in [7, 11) is 1.38. The third kappa shape index (κ3) is 4.74. The first-order chi connectivity index (χ1) is 14.8. The highest BCUT2D eigenvalue weighted by molar-refractivity contribution is 5.91. The van der Waals surface area contributed by atoms with Gasteiger partial charge in [0, 0.05) is 28.9 Å². The van der Waals surface area contributed by atoms with Crippen LogP contribution in [-0.2, 0) is 9.47 Å². The molecular formula is C25H26N2O4. The Morgan fingerprint density at radius 1 is 0.968 bits per heavy atom. The van der Waals surface area contributed by atoms with Gasteiger partial charge in [-0.15, -0.1) is 0 Å². The summed E-state index contributed by atoms with van der Waals surface area (Å²) in [6.45, 7) is 8.17. The van der Waals surface area contributed by atoms with Gasteiger partial charge in [-0.05, 0) is 81.8 Å². The molecule has 0 amide bonds. The fourth-order valence-electron chi connectivity index (χ4n) is 3.48. The lowest BCUT2D eigenvalue weighted by molar-refractivity contribution is 0.0525. The Balaban J connectivity index is 1.87. The molecule has 0 radical (unpaired) electrons. The van der Waals surface area contributed by atoms with Crippen molar-refractivity contribution in [1.82, 2.24) is 4.57 Å². The van der Waals surface area contributed by atoms with E-state index in [1.165, 1.54) is 7.11 Å². The van der Waals surface area contributed by atoms with Crippen molar-refractivity contribution < 1.29 is 19.1 Å². The molecule has 1 heterocycles. The first-order valence-corrected chi connectivity index (χ1v) is 10.0. The average molecular weight is 418 g/mol. The highest BCUT2D eigenvalue weighted by Gasteiger charge is 2.14. The van der Waals surface area contributed by atoms with E-state index >= 15 is 0 Å². The van der Waals surface area contributed by atoms with Crippen molar-refractivity contribution in [3.8, 4) is 5.69 Å². The van der Waals surface area contributed by atoms with Gasteiger partial charge < -0.3 is 14.0 Å². The largest absolute Gasteiger partial charge is 0.465 e. The maximum Gasteiger partial charge on any atom is 0.338 e. The summed E-state index contributed by atoms with van der Waals surface area (Å²) in [6, 6.07) is 14.6. The first-order valence-electron chi connectivity index (χ1n) is 10.0. The van der Waals surface area contributed by atoms with Gasteiger partial charge in [-0.1, -0.05) is 0 Å². The molecule has 0 N–H and O–H groups in total. The monoisotopic (exact) mass is 418 g/mol. The Hall–Kier alpha value is -3.67. The van der Waals surface area contributed by atoms with E-state index in [2.05, 4.69) is 15.6 Å². The number of hydrogen-bond acceptors (Lipinski definition) is 5. The number of hydrogen-bond donors (Lipinski definition) is 0. The number of rotatable bonds is 6. The molecule has 0 spiro atoms. The molecule has 6 nitrogen and oxygen atoms in total. The van der Waals surface area contributed by atoms with Gasteiger partial charge in [0.25, 0.3) is 0 Å². The van der Waals surface area contributed by atoms with Crippen molar-refractivity contribution in [2.45, 2.75) is 27.7 Å². The van der Waals surface area contributed by atoms with Crippen LogP contribution in [0, 0.1) is 20.8 Å². The number of aliphatic imine (C=N–C) groups is 1. The summed E-state index contributed by atoms with van der Waals surface area (Å²) in [5.41, 5.74) is 6.84. The van der Waals surface area contributed by atoms with Crippen LogP contribution in [0.4, 0.5) is 5.69 Å². The number of ether oxygens (including phenoxy) is 2. The van der Waals surface area contributed by atoms with Crippen LogP contribution in [0.1, 0.15) is 50.2 Å². The molecule has 0 unspecified atom stereocenters. The lowest BCUT2D eigenvalue weighted by Crippen LogP contribution is -2.06. The predicted octanol–water partition coefficient (Wildman–Crippen LogP) is 5.12. The van der Waals surface area contributed by atoms with Gasteiger partial charge in [-0.25, -0.2) is 9.59 Å². The van der Waals surface area contributed by atoms with Crippen molar-refractivity contribution in [3.05, 3.63) is 82.2 Å². The summed E-state index contributed by atoms with van der Waals surface area (Å²) < 4.78 is 11.9. The molecule has 0 aliphatic heterocycles. The number of benzene rings is 2. The van der Waals surface area contributed by atoms with Crippen LogP contribution in [0.15, 0.2) is 53.5 Å².